The van der Waals surface area contributed by atoms with Gasteiger partial charge >= 0.3 is 12.6 Å². The third kappa shape index (κ3) is 6.70. The molecule has 0 aliphatic carbocycles. The molecule has 0 unspecified atom stereocenters. The van der Waals surface area contributed by atoms with Crippen molar-refractivity contribution in [2.75, 3.05) is 26.8 Å². The van der Waals surface area contributed by atoms with E-state index in [9.17, 15) is 13.6 Å². The summed E-state index contributed by atoms with van der Waals surface area (Å²) in [5.74, 6) is -1.05. The first-order valence-corrected chi connectivity index (χ1v) is 6.46. The molecule has 21 heavy (non-hydrogen) atoms. The van der Waals surface area contributed by atoms with Crippen molar-refractivity contribution in [3.63, 3.8) is 0 Å². The Morgan fingerprint density at radius 1 is 1.48 bits per heavy atom. The number of nitrogens with zero attached hydrogens (tertiary/aromatic N) is 1. The zero-order valence-electron chi connectivity index (χ0n) is 11.4. The molecular weight excluding hydrogens is 308 g/mol. The molecule has 0 radical (unpaired) electrons. The van der Waals surface area contributed by atoms with Gasteiger partial charge in [0.2, 0.25) is 0 Å². The molecule has 5 nitrogen and oxygen atoms in total. The van der Waals surface area contributed by atoms with Gasteiger partial charge in [-0.1, -0.05) is 11.6 Å². The van der Waals surface area contributed by atoms with E-state index in [1.54, 1.807) is 0 Å². The van der Waals surface area contributed by atoms with Gasteiger partial charge in [0, 0.05) is 30.8 Å². The number of alkyl halides is 2. The van der Waals surface area contributed by atoms with E-state index in [-0.39, 0.29) is 18.8 Å². The van der Waals surface area contributed by atoms with Gasteiger partial charge in [0.05, 0.1) is 13.2 Å². The number of methoxy groups -OCH3 is 1. The number of carboxylic acid groups (broad SMARTS) is 1. The van der Waals surface area contributed by atoms with Crippen LogP contribution >= 0.6 is 11.6 Å². The number of aliphatic carboxylic acids is 1. The molecule has 0 aliphatic rings. The third-order valence-electron chi connectivity index (χ3n) is 2.60. The third-order valence-corrected chi connectivity index (χ3v) is 2.84. The number of carboxylic acids is 1. The lowest BCUT2D eigenvalue weighted by molar-refractivity contribution is -0.138. The van der Waals surface area contributed by atoms with Gasteiger partial charge in [-0.15, -0.1) is 0 Å². The highest BCUT2D eigenvalue weighted by Gasteiger charge is 2.15. The van der Waals surface area contributed by atoms with Crippen molar-refractivity contribution in [2.24, 2.45) is 0 Å². The molecule has 118 valence electrons. The van der Waals surface area contributed by atoms with Gasteiger partial charge in [0.15, 0.2) is 0 Å². The van der Waals surface area contributed by atoms with Crippen LogP contribution in [0, 0.1) is 0 Å². The topological polar surface area (TPSA) is 59.0 Å². The van der Waals surface area contributed by atoms with Gasteiger partial charge in [0.1, 0.15) is 5.75 Å². The van der Waals surface area contributed by atoms with Gasteiger partial charge in [0.25, 0.3) is 0 Å². The molecule has 0 fully saturated rings. The fourth-order valence-corrected chi connectivity index (χ4v) is 1.94. The maximum Gasteiger partial charge on any atom is 0.387 e. The second-order valence-electron chi connectivity index (χ2n) is 4.23. The Balaban J connectivity index is 2.89. The molecular formula is C13H16ClF2NO4. The molecule has 0 amide bonds. The van der Waals surface area contributed by atoms with Crippen molar-refractivity contribution in [2.45, 2.75) is 13.2 Å². The van der Waals surface area contributed by atoms with Crippen LogP contribution in [-0.4, -0.2) is 49.4 Å². The summed E-state index contributed by atoms with van der Waals surface area (Å²) in [5.41, 5.74) is 0.389. The molecule has 0 bridgehead atoms. The van der Waals surface area contributed by atoms with E-state index in [0.29, 0.717) is 23.7 Å². The van der Waals surface area contributed by atoms with Gasteiger partial charge in [-0.3, -0.25) is 9.69 Å². The minimum Gasteiger partial charge on any atom is -0.480 e. The minimum atomic E-state index is -2.96. The van der Waals surface area contributed by atoms with Crippen LogP contribution < -0.4 is 4.74 Å². The summed E-state index contributed by atoms with van der Waals surface area (Å²) < 4.78 is 34.0. The molecule has 0 saturated heterocycles. The van der Waals surface area contributed by atoms with E-state index in [2.05, 4.69) is 4.74 Å². The molecule has 0 heterocycles. The quantitative estimate of drug-likeness (QED) is 0.756. The molecule has 0 saturated carbocycles. The first-order valence-electron chi connectivity index (χ1n) is 6.08. The monoisotopic (exact) mass is 323 g/mol. The van der Waals surface area contributed by atoms with E-state index < -0.39 is 12.6 Å². The van der Waals surface area contributed by atoms with Crippen LogP contribution in [0.15, 0.2) is 18.2 Å². The zero-order chi connectivity index (χ0) is 15.8. The van der Waals surface area contributed by atoms with Crippen LogP contribution in [0.2, 0.25) is 5.02 Å². The summed E-state index contributed by atoms with van der Waals surface area (Å²) in [6.07, 6.45) is 0. The van der Waals surface area contributed by atoms with Crippen molar-refractivity contribution in [3.05, 3.63) is 28.8 Å². The van der Waals surface area contributed by atoms with E-state index >= 15 is 0 Å². The second kappa shape index (κ2) is 8.76. The number of carbonyl (C=O) groups is 1. The van der Waals surface area contributed by atoms with Crippen LogP contribution in [0.5, 0.6) is 5.75 Å². The smallest absolute Gasteiger partial charge is 0.387 e. The number of rotatable bonds is 9. The molecule has 0 aliphatic heterocycles. The fraction of sp³-hybridized carbons (Fsp3) is 0.462. The number of ether oxygens (including phenoxy) is 2. The predicted molar refractivity (Wildman–Crippen MR) is 72.9 cm³/mol. The van der Waals surface area contributed by atoms with Crippen LogP contribution in [0.4, 0.5) is 8.78 Å². The van der Waals surface area contributed by atoms with Crippen LogP contribution in [0.3, 0.4) is 0 Å². The summed E-state index contributed by atoms with van der Waals surface area (Å²) >= 11 is 5.84. The van der Waals surface area contributed by atoms with Gasteiger partial charge in [-0.2, -0.15) is 8.78 Å². The Kier molecular flexibility index (Phi) is 7.35. The molecule has 1 aromatic carbocycles. The summed E-state index contributed by atoms with van der Waals surface area (Å²) in [6, 6.07) is 4.24. The number of halogens is 3. The number of hydrogen-bond donors (Lipinski definition) is 1. The molecule has 0 atom stereocenters. The lowest BCUT2D eigenvalue weighted by Crippen LogP contribution is -2.32. The Morgan fingerprint density at radius 2 is 2.19 bits per heavy atom. The lowest BCUT2D eigenvalue weighted by atomic mass is 10.2. The van der Waals surface area contributed by atoms with Crippen molar-refractivity contribution in [3.8, 4) is 5.75 Å². The van der Waals surface area contributed by atoms with Gasteiger partial charge < -0.3 is 14.6 Å². The average Bonchev–Trinajstić information content (AvgIpc) is 2.38. The van der Waals surface area contributed by atoms with E-state index in [1.807, 2.05) is 0 Å². The maximum atomic E-state index is 12.4. The molecule has 8 heteroatoms. The van der Waals surface area contributed by atoms with E-state index in [1.165, 1.54) is 30.2 Å². The fourth-order valence-electron chi connectivity index (χ4n) is 1.75. The van der Waals surface area contributed by atoms with Crippen molar-refractivity contribution in [1.82, 2.24) is 4.90 Å². The van der Waals surface area contributed by atoms with E-state index in [4.69, 9.17) is 21.4 Å². The summed E-state index contributed by atoms with van der Waals surface area (Å²) in [5, 5.41) is 9.23. The highest BCUT2D eigenvalue weighted by molar-refractivity contribution is 6.30. The van der Waals surface area contributed by atoms with Crippen molar-refractivity contribution >= 4 is 17.6 Å². The Morgan fingerprint density at radius 3 is 2.76 bits per heavy atom. The average molecular weight is 324 g/mol. The molecule has 0 spiro atoms. The first kappa shape index (κ1) is 17.6. The number of hydrogen-bond acceptors (Lipinski definition) is 4. The van der Waals surface area contributed by atoms with E-state index in [0.717, 1.165) is 0 Å². The standard InChI is InChI=1S/C13H16ClF2NO4/c1-20-5-4-17(8-12(18)19)7-9-6-10(14)2-3-11(9)21-13(15)16/h2-3,6,13H,4-5,7-8H2,1H3,(H,18,19). The van der Waals surface area contributed by atoms with Crippen molar-refractivity contribution < 1.29 is 28.2 Å². The first-order chi connectivity index (χ1) is 9.92. The SMILES string of the molecule is COCCN(CC(=O)O)Cc1cc(Cl)ccc1OC(F)F. The molecule has 0 aromatic heterocycles. The highest BCUT2D eigenvalue weighted by Crippen LogP contribution is 2.25. The largest absolute Gasteiger partial charge is 0.480 e. The highest BCUT2D eigenvalue weighted by atomic mass is 35.5. The van der Waals surface area contributed by atoms with Crippen molar-refractivity contribution in [1.29, 1.82) is 0 Å². The maximum absolute atomic E-state index is 12.4. The predicted octanol–water partition coefficient (Wildman–Crippen LogP) is 2.47. The Labute approximate surface area is 126 Å². The lowest BCUT2D eigenvalue weighted by Gasteiger charge is -2.21. The van der Waals surface area contributed by atoms with Gasteiger partial charge in [-0.25, -0.2) is 0 Å². The summed E-state index contributed by atoms with van der Waals surface area (Å²) in [6.45, 7) is -2.44. The number of benzene rings is 1. The zero-order valence-corrected chi connectivity index (χ0v) is 12.1. The molecule has 1 aromatic rings. The summed E-state index contributed by atoms with van der Waals surface area (Å²) in [4.78, 5) is 12.4. The van der Waals surface area contributed by atoms with Gasteiger partial charge in [-0.05, 0) is 18.2 Å². The summed E-state index contributed by atoms with van der Waals surface area (Å²) in [7, 11) is 1.49. The Hall–Kier alpha value is -1.44. The second-order valence-corrected chi connectivity index (χ2v) is 4.66. The Bertz CT molecular complexity index is 473. The normalized spacial score (nSPS) is 11.1. The van der Waals surface area contributed by atoms with Crippen LogP contribution in [0.1, 0.15) is 5.56 Å². The minimum absolute atomic E-state index is 0.0257. The van der Waals surface area contributed by atoms with Crippen LogP contribution in [-0.2, 0) is 16.1 Å². The molecule has 1 N–H and O–H groups in total. The molecule has 1 rings (SSSR count). The van der Waals surface area contributed by atoms with Crippen LogP contribution in [0.25, 0.3) is 0 Å².